The average molecular weight is 150 g/mol. The van der Waals surface area contributed by atoms with Crippen molar-refractivity contribution in [1.82, 2.24) is 0 Å². The highest BCUT2D eigenvalue weighted by Gasteiger charge is 2.18. The summed E-state index contributed by atoms with van der Waals surface area (Å²) in [6.45, 7) is 9.08. The first-order valence-electron chi connectivity index (χ1n) is 2.98. The van der Waals surface area contributed by atoms with Gasteiger partial charge >= 0.3 is 0 Å². The van der Waals surface area contributed by atoms with E-state index in [0.717, 1.165) is 14.5 Å². The SMILES string of the molecule is CPC(C)(P)C(C)C. The highest BCUT2D eigenvalue weighted by molar-refractivity contribution is 7.51. The van der Waals surface area contributed by atoms with E-state index in [2.05, 4.69) is 36.7 Å². The van der Waals surface area contributed by atoms with Crippen LogP contribution in [0.1, 0.15) is 20.8 Å². The van der Waals surface area contributed by atoms with E-state index in [9.17, 15) is 0 Å². The van der Waals surface area contributed by atoms with Crippen LogP contribution in [0.3, 0.4) is 0 Å². The van der Waals surface area contributed by atoms with Crippen molar-refractivity contribution in [2.45, 2.75) is 25.7 Å². The molecule has 0 N–H and O–H groups in total. The number of hydrogen-bond donors (Lipinski definition) is 0. The molecule has 3 atom stereocenters. The maximum absolute atomic E-state index is 2.92. The third-order valence-corrected chi connectivity index (χ3v) is 4.93. The van der Waals surface area contributed by atoms with Crippen LogP contribution >= 0.6 is 17.8 Å². The second-order valence-electron chi connectivity index (χ2n) is 2.69. The molecule has 3 unspecified atom stereocenters. The van der Waals surface area contributed by atoms with Crippen LogP contribution in [0.2, 0.25) is 0 Å². The second kappa shape index (κ2) is 3.14. The van der Waals surface area contributed by atoms with Gasteiger partial charge in [0, 0.05) is 4.90 Å². The van der Waals surface area contributed by atoms with Gasteiger partial charge in [0.15, 0.2) is 0 Å². The topological polar surface area (TPSA) is 0 Å². The molecular formula is C6H16P2. The van der Waals surface area contributed by atoms with Crippen molar-refractivity contribution < 1.29 is 0 Å². The molecule has 0 aromatic heterocycles. The molecule has 50 valence electrons. The molecule has 0 fully saturated rings. The van der Waals surface area contributed by atoms with Gasteiger partial charge in [-0.05, 0) is 12.6 Å². The van der Waals surface area contributed by atoms with E-state index in [-0.39, 0.29) is 0 Å². The minimum atomic E-state index is 0.486. The van der Waals surface area contributed by atoms with Gasteiger partial charge in [0.2, 0.25) is 0 Å². The van der Waals surface area contributed by atoms with Gasteiger partial charge in [-0.15, -0.1) is 17.8 Å². The van der Waals surface area contributed by atoms with Gasteiger partial charge in [-0.1, -0.05) is 20.8 Å². The molecule has 0 saturated heterocycles. The van der Waals surface area contributed by atoms with Crippen molar-refractivity contribution in [2.75, 3.05) is 6.66 Å². The Morgan fingerprint density at radius 2 is 1.88 bits per heavy atom. The summed E-state index contributed by atoms with van der Waals surface area (Å²) in [5, 5.41) is 0. The largest absolute Gasteiger partial charge is 0.127 e. The lowest BCUT2D eigenvalue weighted by molar-refractivity contribution is 0.600. The molecule has 0 aliphatic heterocycles. The van der Waals surface area contributed by atoms with Gasteiger partial charge in [0.1, 0.15) is 0 Å². The molecule has 0 spiro atoms. The lowest BCUT2D eigenvalue weighted by Gasteiger charge is -2.26. The summed E-state index contributed by atoms with van der Waals surface area (Å²) in [4.78, 5) is 0.486. The summed E-state index contributed by atoms with van der Waals surface area (Å²) >= 11 is 0. The summed E-state index contributed by atoms with van der Waals surface area (Å²) in [5.74, 6) is 0.788. The smallest absolute Gasteiger partial charge is 0.00135 e. The maximum Gasteiger partial charge on any atom is 0.00135 e. The van der Waals surface area contributed by atoms with Gasteiger partial charge in [0.25, 0.3) is 0 Å². The minimum Gasteiger partial charge on any atom is -0.127 e. The van der Waals surface area contributed by atoms with E-state index in [4.69, 9.17) is 0 Å². The highest BCUT2D eigenvalue weighted by Crippen LogP contribution is 2.41. The van der Waals surface area contributed by atoms with Crippen LogP contribution in [-0.4, -0.2) is 11.6 Å². The Kier molecular flexibility index (Phi) is 3.47. The monoisotopic (exact) mass is 150 g/mol. The van der Waals surface area contributed by atoms with Crippen molar-refractivity contribution in [3.63, 3.8) is 0 Å². The molecule has 0 bridgehead atoms. The summed E-state index contributed by atoms with van der Waals surface area (Å²) < 4.78 is 0. The molecule has 0 aliphatic carbocycles. The van der Waals surface area contributed by atoms with Crippen LogP contribution in [-0.2, 0) is 0 Å². The van der Waals surface area contributed by atoms with Crippen LogP contribution in [0.15, 0.2) is 0 Å². The lowest BCUT2D eigenvalue weighted by atomic mass is 10.1. The summed E-state index contributed by atoms with van der Waals surface area (Å²) in [6.07, 6.45) is 0. The first-order valence-corrected chi connectivity index (χ1v) is 5.06. The van der Waals surface area contributed by atoms with Crippen molar-refractivity contribution in [3.05, 3.63) is 0 Å². The van der Waals surface area contributed by atoms with E-state index in [1.165, 1.54) is 0 Å². The van der Waals surface area contributed by atoms with Crippen LogP contribution in [0.25, 0.3) is 0 Å². The Labute approximate surface area is 56.8 Å². The first kappa shape index (κ1) is 8.86. The zero-order valence-corrected chi connectivity index (χ0v) is 8.31. The zero-order chi connectivity index (χ0) is 6.78. The Bertz CT molecular complexity index is 66.9. The fraction of sp³-hybridized carbons (Fsp3) is 1.00. The second-order valence-corrected chi connectivity index (χ2v) is 6.04. The molecular weight excluding hydrogens is 134 g/mol. The highest BCUT2D eigenvalue weighted by atomic mass is 31.1. The molecule has 0 heterocycles. The Morgan fingerprint density at radius 3 is 1.88 bits per heavy atom. The third kappa shape index (κ3) is 2.42. The standard InChI is InChI=1S/C6H16P2/c1-5(2)6(3,7)8-4/h5,8H,7H2,1-4H3. The molecule has 0 aliphatic rings. The molecule has 0 amide bonds. The van der Waals surface area contributed by atoms with Gasteiger partial charge < -0.3 is 0 Å². The van der Waals surface area contributed by atoms with Crippen molar-refractivity contribution in [1.29, 1.82) is 0 Å². The van der Waals surface area contributed by atoms with Crippen LogP contribution < -0.4 is 0 Å². The summed E-state index contributed by atoms with van der Waals surface area (Å²) in [5.41, 5.74) is 0. The quantitative estimate of drug-likeness (QED) is 0.530. The van der Waals surface area contributed by atoms with E-state index in [1.54, 1.807) is 0 Å². The van der Waals surface area contributed by atoms with Gasteiger partial charge in [-0.3, -0.25) is 0 Å². The third-order valence-electron chi connectivity index (χ3n) is 1.74. The average Bonchev–Trinajstić information content (AvgIpc) is 1.67. The summed E-state index contributed by atoms with van der Waals surface area (Å²) in [6, 6.07) is 0. The zero-order valence-electron chi connectivity index (χ0n) is 6.15. The maximum atomic E-state index is 2.92. The van der Waals surface area contributed by atoms with E-state index < -0.39 is 0 Å². The predicted octanol–water partition coefficient (Wildman–Crippen LogP) is 2.54. The van der Waals surface area contributed by atoms with Crippen LogP contribution in [0, 0.1) is 5.92 Å². The number of rotatable bonds is 2. The Hall–Kier alpha value is 0.860. The Morgan fingerprint density at radius 1 is 1.50 bits per heavy atom. The van der Waals surface area contributed by atoms with Crippen LogP contribution in [0.4, 0.5) is 0 Å². The van der Waals surface area contributed by atoms with Crippen molar-refractivity contribution >= 4 is 17.8 Å². The fourth-order valence-electron chi connectivity index (χ4n) is 0.289. The minimum absolute atomic E-state index is 0.486. The fourth-order valence-corrected chi connectivity index (χ4v) is 0.866. The molecule has 0 aromatic rings. The molecule has 0 aromatic carbocycles. The van der Waals surface area contributed by atoms with Gasteiger partial charge in [-0.25, -0.2) is 0 Å². The molecule has 8 heavy (non-hydrogen) atoms. The van der Waals surface area contributed by atoms with E-state index >= 15 is 0 Å². The molecule has 0 saturated carbocycles. The van der Waals surface area contributed by atoms with Crippen molar-refractivity contribution in [3.8, 4) is 0 Å². The summed E-state index contributed by atoms with van der Waals surface area (Å²) in [7, 11) is 3.95. The number of hydrogen-bond acceptors (Lipinski definition) is 0. The van der Waals surface area contributed by atoms with Crippen molar-refractivity contribution in [2.24, 2.45) is 5.92 Å². The van der Waals surface area contributed by atoms with Gasteiger partial charge in [-0.2, -0.15) is 0 Å². The van der Waals surface area contributed by atoms with E-state index in [1.807, 2.05) is 0 Å². The normalized spacial score (nSPS) is 20.2. The first-order chi connectivity index (χ1) is 3.50. The molecule has 2 heteroatoms. The van der Waals surface area contributed by atoms with E-state index in [0.29, 0.717) is 4.90 Å². The molecule has 0 rings (SSSR count). The molecule has 0 radical (unpaired) electrons. The lowest BCUT2D eigenvalue weighted by Crippen LogP contribution is -2.15. The molecule has 0 nitrogen and oxygen atoms in total. The van der Waals surface area contributed by atoms with Gasteiger partial charge in [0.05, 0.1) is 0 Å². The Balaban J connectivity index is 3.71. The van der Waals surface area contributed by atoms with Crippen LogP contribution in [0.5, 0.6) is 0 Å². The predicted molar refractivity (Wildman–Crippen MR) is 47.2 cm³/mol.